The van der Waals surface area contributed by atoms with E-state index in [4.69, 9.17) is 9.47 Å². The highest BCUT2D eigenvalue weighted by atomic mass is 19.1. The Morgan fingerprint density at radius 1 is 1.04 bits per heavy atom. The van der Waals surface area contributed by atoms with Gasteiger partial charge < -0.3 is 20.1 Å². The molecule has 0 saturated heterocycles. The van der Waals surface area contributed by atoms with E-state index >= 15 is 0 Å². The molecule has 2 aromatic carbocycles. The summed E-state index contributed by atoms with van der Waals surface area (Å²) < 4.78 is 23.8. The zero-order chi connectivity index (χ0) is 16.5. The van der Waals surface area contributed by atoms with Crippen LogP contribution in [0.1, 0.15) is 5.56 Å². The van der Waals surface area contributed by atoms with Crippen LogP contribution < -0.4 is 20.1 Å². The number of urea groups is 1. The predicted molar refractivity (Wildman–Crippen MR) is 85.1 cm³/mol. The van der Waals surface area contributed by atoms with Gasteiger partial charge in [-0.25, -0.2) is 9.18 Å². The number of carbonyl (C=O) groups excluding carboxylic acids is 1. The Bertz CT molecular complexity index is 649. The fourth-order valence-electron chi connectivity index (χ4n) is 1.97. The van der Waals surface area contributed by atoms with Gasteiger partial charge in [0.05, 0.1) is 13.7 Å². The van der Waals surface area contributed by atoms with Crippen molar-refractivity contribution in [2.75, 3.05) is 20.3 Å². The number of benzene rings is 2. The lowest BCUT2D eigenvalue weighted by Crippen LogP contribution is -2.37. The number of nitrogens with one attached hydrogen (secondary N) is 2. The van der Waals surface area contributed by atoms with E-state index in [2.05, 4.69) is 10.6 Å². The van der Waals surface area contributed by atoms with Gasteiger partial charge in [-0.05, 0) is 18.2 Å². The average molecular weight is 318 g/mol. The minimum Gasteiger partial charge on any atom is -0.496 e. The van der Waals surface area contributed by atoms with Gasteiger partial charge in [0.25, 0.3) is 0 Å². The second-order valence-corrected chi connectivity index (χ2v) is 4.70. The normalized spacial score (nSPS) is 10.0. The van der Waals surface area contributed by atoms with Gasteiger partial charge in [0.2, 0.25) is 0 Å². The summed E-state index contributed by atoms with van der Waals surface area (Å²) in [5.41, 5.74) is 0.882. The summed E-state index contributed by atoms with van der Waals surface area (Å²) in [6.45, 7) is 0.805. The van der Waals surface area contributed by atoms with Gasteiger partial charge in [-0.1, -0.05) is 30.3 Å². The minimum atomic E-state index is -0.423. The molecule has 0 aliphatic carbocycles. The summed E-state index contributed by atoms with van der Waals surface area (Å²) in [5, 5.41) is 5.37. The second-order valence-electron chi connectivity index (χ2n) is 4.70. The number of carbonyl (C=O) groups is 1. The molecule has 2 N–H and O–H groups in total. The summed E-state index contributed by atoms with van der Waals surface area (Å²) in [6.07, 6.45) is 0. The highest BCUT2D eigenvalue weighted by molar-refractivity contribution is 5.73. The first-order valence-corrected chi connectivity index (χ1v) is 7.21. The highest BCUT2D eigenvalue weighted by Crippen LogP contribution is 2.16. The number of para-hydroxylation sites is 2. The molecule has 0 heterocycles. The van der Waals surface area contributed by atoms with Crippen LogP contribution in [-0.2, 0) is 6.54 Å². The number of methoxy groups -OCH3 is 1. The molecule has 0 fully saturated rings. The monoisotopic (exact) mass is 318 g/mol. The molecule has 5 nitrogen and oxygen atoms in total. The van der Waals surface area contributed by atoms with Crippen molar-refractivity contribution in [3.05, 3.63) is 59.9 Å². The molecule has 23 heavy (non-hydrogen) atoms. The maximum absolute atomic E-state index is 13.3. The van der Waals surface area contributed by atoms with Crippen LogP contribution in [0.2, 0.25) is 0 Å². The quantitative estimate of drug-likeness (QED) is 0.772. The largest absolute Gasteiger partial charge is 0.496 e. The van der Waals surface area contributed by atoms with Crippen LogP contribution in [-0.4, -0.2) is 26.3 Å². The third-order valence-electron chi connectivity index (χ3n) is 3.11. The summed E-state index contributed by atoms with van der Waals surface area (Å²) in [5.74, 6) is 0.465. The van der Waals surface area contributed by atoms with Gasteiger partial charge in [0.15, 0.2) is 11.6 Å². The van der Waals surface area contributed by atoms with E-state index in [-0.39, 0.29) is 24.9 Å². The Morgan fingerprint density at radius 3 is 2.48 bits per heavy atom. The Kier molecular flexibility index (Phi) is 6.23. The van der Waals surface area contributed by atoms with E-state index in [1.165, 1.54) is 12.1 Å². The zero-order valence-corrected chi connectivity index (χ0v) is 12.8. The zero-order valence-electron chi connectivity index (χ0n) is 12.8. The topological polar surface area (TPSA) is 59.6 Å². The minimum absolute atomic E-state index is 0.170. The third-order valence-corrected chi connectivity index (χ3v) is 3.11. The Hall–Kier alpha value is -2.76. The molecule has 2 rings (SSSR count). The van der Waals surface area contributed by atoms with Crippen molar-refractivity contribution in [1.29, 1.82) is 0 Å². The number of amides is 2. The fraction of sp³-hybridized carbons (Fsp3) is 0.235. The first-order chi connectivity index (χ1) is 11.2. The number of halogens is 1. The van der Waals surface area contributed by atoms with E-state index < -0.39 is 5.82 Å². The van der Waals surface area contributed by atoms with Crippen LogP contribution in [0.3, 0.4) is 0 Å². The van der Waals surface area contributed by atoms with Crippen molar-refractivity contribution in [2.45, 2.75) is 6.54 Å². The van der Waals surface area contributed by atoms with Crippen LogP contribution in [0, 0.1) is 5.82 Å². The molecule has 0 saturated carbocycles. The molecular formula is C17H19FN2O3. The maximum atomic E-state index is 13.3. The molecule has 0 bridgehead atoms. The van der Waals surface area contributed by atoms with Gasteiger partial charge in [-0.3, -0.25) is 0 Å². The van der Waals surface area contributed by atoms with Gasteiger partial charge in [0, 0.05) is 12.1 Å². The van der Waals surface area contributed by atoms with Crippen LogP contribution in [0.4, 0.5) is 9.18 Å². The molecule has 0 aliphatic rings. The van der Waals surface area contributed by atoms with E-state index in [9.17, 15) is 9.18 Å². The van der Waals surface area contributed by atoms with Crippen LogP contribution >= 0.6 is 0 Å². The molecule has 0 atom stereocenters. The molecular weight excluding hydrogens is 299 g/mol. The van der Waals surface area contributed by atoms with Crippen LogP contribution in [0.15, 0.2) is 48.5 Å². The summed E-state index contributed by atoms with van der Waals surface area (Å²) in [4.78, 5) is 11.7. The fourth-order valence-corrected chi connectivity index (χ4v) is 1.97. The van der Waals surface area contributed by atoms with Gasteiger partial charge in [0.1, 0.15) is 12.4 Å². The molecule has 6 heteroatoms. The summed E-state index contributed by atoms with van der Waals surface area (Å²) in [7, 11) is 1.58. The summed E-state index contributed by atoms with van der Waals surface area (Å²) in [6, 6.07) is 13.3. The molecule has 2 aromatic rings. The number of hydrogen-bond donors (Lipinski definition) is 2. The van der Waals surface area contributed by atoms with Crippen LogP contribution in [0.25, 0.3) is 0 Å². The van der Waals surface area contributed by atoms with E-state index in [0.717, 1.165) is 11.3 Å². The number of hydrogen-bond acceptors (Lipinski definition) is 3. The predicted octanol–water partition coefficient (Wildman–Crippen LogP) is 2.71. The van der Waals surface area contributed by atoms with Crippen molar-refractivity contribution < 1.29 is 18.7 Å². The first-order valence-electron chi connectivity index (χ1n) is 7.21. The lowest BCUT2D eigenvalue weighted by Gasteiger charge is -2.11. The van der Waals surface area contributed by atoms with E-state index in [0.29, 0.717) is 6.54 Å². The van der Waals surface area contributed by atoms with Crippen molar-refractivity contribution >= 4 is 6.03 Å². The van der Waals surface area contributed by atoms with Crippen molar-refractivity contribution in [3.63, 3.8) is 0 Å². The molecule has 0 aliphatic heterocycles. The van der Waals surface area contributed by atoms with Crippen molar-refractivity contribution in [2.24, 2.45) is 0 Å². The molecule has 2 amide bonds. The smallest absolute Gasteiger partial charge is 0.315 e. The van der Waals surface area contributed by atoms with Crippen molar-refractivity contribution in [1.82, 2.24) is 10.6 Å². The van der Waals surface area contributed by atoms with Crippen LogP contribution in [0.5, 0.6) is 11.5 Å². The average Bonchev–Trinajstić information content (AvgIpc) is 2.58. The van der Waals surface area contributed by atoms with Gasteiger partial charge >= 0.3 is 6.03 Å². The Morgan fingerprint density at radius 2 is 1.74 bits per heavy atom. The maximum Gasteiger partial charge on any atom is 0.315 e. The standard InChI is InChI=1S/C17H19FN2O3/c1-22-15-8-4-2-6-13(15)12-20-17(21)19-10-11-23-16-9-5-3-7-14(16)18/h2-9H,10-12H2,1H3,(H2,19,20,21). The van der Waals surface area contributed by atoms with E-state index in [1.54, 1.807) is 19.2 Å². The van der Waals surface area contributed by atoms with Crippen molar-refractivity contribution in [3.8, 4) is 11.5 Å². The molecule has 0 aromatic heterocycles. The lowest BCUT2D eigenvalue weighted by molar-refractivity contribution is 0.235. The first kappa shape index (κ1) is 16.6. The number of rotatable bonds is 7. The number of ether oxygens (including phenoxy) is 2. The van der Waals surface area contributed by atoms with Gasteiger partial charge in [-0.15, -0.1) is 0 Å². The highest BCUT2D eigenvalue weighted by Gasteiger charge is 2.05. The lowest BCUT2D eigenvalue weighted by atomic mass is 10.2. The molecule has 0 unspecified atom stereocenters. The molecule has 0 radical (unpaired) electrons. The summed E-state index contributed by atoms with van der Waals surface area (Å²) >= 11 is 0. The second kappa shape index (κ2) is 8.63. The third kappa shape index (κ3) is 5.18. The van der Waals surface area contributed by atoms with E-state index in [1.807, 2.05) is 24.3 Å². The Balaban J connectivity index is 1.68. The molecule has 0 spiro atoms. The molecule has 122 valence electrons. The Labute approximate surface area is 134 Å². The van der Waals surface area contributed by atoms with Gasteiger partial charge in [-0.2, -0.15) is 0 Å². The SMILES string of the molecule is COc1ccccc1CNC(=O)NCCOc1ccccc1F.